The predicted octanol–water partition coefficient (Wildman–Crippen LogP) is 6.93. The lowest BCUT2D eigenvalue weighted by molar-refractivity contribution is -0.137. The molecule has 1 aromatic heterocycles. The number of amides is 1. The number of benzene rings is 2. The predicted molar refractivity (Wildman–Crippen MR) is 152 cm³/mol. The number of likely N-dealkylation sites (tertiary alicyclic amines) is 1. The summed E-state index contributed by atoms with van der Waals surface area (Å²) in [6.45, 7) is 2.31. The number of alkyl halides is 3. The second-order valence-corrected chi connectivity index (χ2v) is 10.7. The number of pyridine rings is 1. The molecule has 1 aliphatic heterocycles. The largest absolute Gasteiger partial charge is 0.416 e. The van der Waals surface area contributed by atoms with Crippen molar-refractivity contribution >= 4 is 23.4 Å². The summed E-state index contributed by atoms with van der Waals surface area (Å²) in [5, 5.41) is 0. The van der Waals surface area contributed by atoms with Gasteiger partial charge >= 0.3 is 6.18 Å². The number of hydrogen-bond donors (Lipinski definition) is 0. The zero-order valence-corrected chi connectivity index (χ0v) is 22.7. The van der Waals surface area contributed by atoms with Crippen molar-refractivity contribution in [2.75, 3.05) is 25.0 Å². The summed E-state index contributed by atoms with van der Waals surface area (Å²) >= 11 is 0. The number of hydrogen-bond acceptors (Lipinski definition) is 4. The van der Waals surface area contributed by atoms with Gasteiger partial charge in [-0.05, 0) is 72.9 Å². The summed E-state index contributed by atoms with van der Waals surface area (Å²) < 4.78 is 38.8. The maximum Gasteiger partial charge on any atom is 0.416 e. The molecule has 5 nitrogen and oxygen atoms in total. The molecule has 1 saturated carbocycles. The Morgan fingerprint density at radius 1 is 0.950 bits per heavy atom. The van der Waals surface area contributed by atoms with Gasteiger partial charge in [0, 0.05) is 68.6 Å². The minimum Gasteiger partial charge on any atom is -0.345 e. The van der Waals surface area contributed by atoms with Gasteiger partial charge in [-0.1, -0.05) is 37.1 Å². The van der Waals surface area contributed by atoms with Gasteiger partial charge in [0.05, 0.1) is 5.56 Å². The molecule has 2 aliphatic rings. The molecular formula is C32H35F3N4O. The van der Waals surface area contributed by atoms with Crippen LogP contribution in [0.15, 0.2) is 79.1 Å². The first-order valence-corrected chi connectivity index (χ1v) is 13.9. The van der Waals surface area contributed by atoms with E-state index in [-0.39, 0.29) is 11.9 Å². The molecule has 210 valence electrons. The molecule has 0 bridgehead atoms. The molecule has 2 aromatic carbocycles. The molecule has 40 heavy (non-hydrogen) atoms. The summed E-state index contributed by atoms with van der Waals surface area (Å²) in [4.78, 5) is 24.2. The molecule has 1 aliphatic carbocycles. The van der Waals surface area contributed by atoms with Crippen molar-refractivity contribution < 1.29 is 18.0 Å². The minimum atomic E-state index is -4.38. The molecule has 2 heterocycles. The van der Waals surface area contributed by atoms with E-state index in [1.165, 1.54) is 43.9 Å². The highest BCUT2D eigenvalue weighted by Gasteiger charge is 2.34. The standard InChI is InChI=1S/C32H35F3N4O/c1-37(28-16-19-36-20-17-28)27-13-8-25(9-14-27)22-39(30-18-21-38(23-30)29-4-2-3-5-29)31(40)15-10-24-6-11-26(12-7-24)32(33,34)35/h6-17,19-20,29-30H,2-5,18,21-23H2,1H3/b15-10+/t30-/m0/s1. The van der Waals surface area contributed by atoms with Crippen LogP contribution in [0.3, 0.4) is 0 Å². The molecule has 1 atom stereocenters. The van der Waals surface area contributed by atoms with E-state index in [0.29, 0.717) is 18.2 Å². The molecule has 1 amide bonds. The van der Waals surface area contributed by atoms with Crippen LogP contribution in [0.5, 0.6) is 0 Å². The van der Waals surface area contributed by atoms with Crippen LogP contribution in [-0.4, -0.2) is 52.9 Å². The first-order chi connectivity index (χ1) is 19.3. The lowest BCUT2D eigenvalue weighted by atomic mass is 10.1. The molecule has 0 spiro atoms. The summed E-state index contributed by atoms with van der Waals surface area (Å²) in [6, 6.07) is 17.7. The maximum atomic E-state index is 13.5. The van der Waals surface area contributed by atoms with Crippen LogP contribution in [-0.2, 0) is 17.5 Å². The Morgan fingerprint density at radius 3 is 2.25 bits per heavy atom. The second-order valence-electron chi connectivity index (χ2n) is 10.7. The Labute approximate surface area is 233 Å². The first-order valence-electron chi connectivity index (χ1n) is 13.9. The zero-order valence-electron chi connectivity index (χ0n) is 22.7. The van der Waals surface area contributed by atoms with E-state index in [0.717, 1.165) is 48.6 Å². The average molecular weight is 549 g/mol. The fourth-order valence-corrected chi connectivity index (χ4v) is 5.80. The van der Waals surface area contributed by atoms with Crippen LogP contribution in [0.4, 0.5) is 24.5 Å². The highest BCUT2D eigenvalue weighted by molar-refractivity contribution is 5.92. The molecule has 8 heteroatoms. The van der Waals surface area contributed by atoms with Crippen LogP contribution >= 0.6 is 0 Å². The van der Waals surface area contributed by atoms with Crippen LogP contribution in [0, 0.1) is 0 Å². The van der Waals surface area contributed by atoms with Gasteiger partial charge in [0.15, 0.2) is 0 Å². The lowest BCUT2D eigenvalue weighted by Crippen LogP contribution is -2.42. The molecule has 3 aromatic rings. The molecule has 2 fully saturated rings. The summed E-state index contributed by atoms with van der Waals surface area (Å²) in [6.07, 6.45) is 8.14. The van der Waals surface area contributed by atoms with Crippen LogP contribution in [0.25, 0.3) is 6.08 Å². The van der Waals surface area contributed by atoms with E-state index >= 15 is 0 Å². The van der Waals surface area contributed by atoms with Crippen molar-refractivity contribution in [3.63, 3.8) is 0 Å². The Balaban J connectivity index is 1.32. The maximum absolute atomic E-state index is 13.5. The monoisotopic (exact) mass is 548 g/mol. The fourth-order valence-electron chi connectivity index (χ4n) is 5.80. The quantitative estimate of drug-likeness (QED) is 0.286. The molecule has 0 unspecified atom stereocenters. The third kappa shape index (κ3) is 6.73. The average Bonchev–Trinajstić information content (AvgIpc) is 3.68. The van der Waals surface area contributed by atoms with Crippen molar-refractivity contribution in [1.29, 1.82) is 0 Å². The van der Waals surface area contributed by atoms with Gasteiger partial charge in [-0.25, -0.2) is 0 Å². The normalized spacial score (nSPS) is 18.4. The van der Waals surface area contributed by atoms with E-state index in [4.69, 9.17) is 0 Å². The van der Waals surface area contributed by atoms with Gasteiger partial charge in [0.2, 0.25) is 5.91 Å². The minimum absolute atomic E-state index is 0.0875. The highest BCUT2D eigenvalue weighted by atomic mass is 19.4. The smallest absolute Gasteiger partial charge is 0.345 e. The number of halogens is 3. The molecule has 5 rings (SSSR count). The van der Waals surface area contributed by atoms with Crippen molar-refractivity contribution in [2.45, 2.75) is 56.9 Å². The molecule has 1 saturated heterocycles. The number of rotatable bonds is 8. The fraction of sp³-hybridized carbons (Fsp3) is 0.375. The van der Waals surface area contributed by atoms with E-state index in [1.54, 1.807) is 18.5 Å². The summed E-state index contributed by atoms with van der Waals surface area (Å²) in [7, 11) is 2.00. The Hall–Kier alpha value is -3.65. The van der Waals surface area contributed by atoms with Crippen molar-refractivity contribution in [1.82, 2.24) is 14.8 Å². The van der Waals surface area contributed by atoms with Gasteiger partial charge < -0.3 is 9.80 Å². The number of nitrogens with zero attached hydrogens (tertiary/aromatic N) is 4. The first kappa shape index (κ1) is 27.9. The Kier molecular flexibility index (Phi) is 8.54. The van der Waals surface area contributed by atoms with Crippen molar-refractivity contribution in [2.24, 2.45) is 0 Å². The van der Waals surface area contributed by atoms with Gasteiger partial charge in [-0.3, -0.25) is 14.7 Å². The van der Waals surface area contributed by atoms with Crippen molar-refractivity contribution in [3.05, 3.63) is 95.8 Å². The Morgan fingerprint density at radius 2 is 1.60 bits per heavy atom. The van der Waals surface area contributed by atoms with E-state index in [1.807, 2.05) is 24.1 Å². The number of carbonyl (C=O) groups is 1. The van der Waals surface area contributed by atoms with E-state index in [2.05, 4.69) is 39.0 Å². The topological polar surface area (TPSA) is 39.7 Å². The number of carbonyl (C=O) groups excluding carboxylic acids is 1. The van der Waals surface area contributed by atoms with E-state index in [9.17, 15) is 18.0 Å². The third-order valence-corrected chi connectivity index (χ3v) is 8.14. The third-order valence-electron chi connectivity index (χ3n) is 8.14. The highest BCUT2D eigenvalue weighted by Crippen LogP contribution is 2.31. The summed E-state index contributed by atoms with van der Waals surface area (Å²) in [5.74, 6) is -0.129. The molecule has 0 N–H and O–H groups in total. The van der Waals surface area contributed by atoms with Crippen LogP contribution in [0.2, 0.25) is 0 Å². The van der Waals surface area contributed by atoms with Gasteiger partial charge in [-0.15, -0.1) is 0 Å². The molecular weight excluding hydrogens is 513 g/mol. The Bertz CT molecular complexity index is 1290. The van der Waals surface area contributed by atoms with Crippen molar-refractivity contribution in [3.8, 4) is 0 Å². The van der Waals surface area contributed by atoms with Gasteiger partial charge in [0.25, 0.3) is 0 Å². The SMILES string of the molecule is CN(c1ccncc1)c1ccc(CN(C(=O)/C=C/c2ccc(C(F)(F)F)cc2)[C@H]2CCN(C3CCCC3)C2)cc1. The molecule has 0 radical (unpaired) electrons. The van der Waals surface area contributed by atoms with Crippen LogP contribution in [0.1, 0.15) is 48.8 Å². The lowest BCUT2D eigenvalue weighted by Gasteiger charge is -2.30. The van der Waals surface area contributed by atoms with Gasteiger partial charge in [0.1, 0.15) is 0 Å². The zero-order chi connectivity index (χ0) is 28.1. The second kappa shape index (κ2) is 12.3. The van der Waals surface area contributed by atoms with Gasteiger partial charge in [-0.2, -0.15) is 13.2 Å². The summed E-state index contributed by atoms with van der Waals surface area (Å²) in [5.41, 5.74) is 2.95. The number of anilines is 2. The number of aromatic nitrogens is 1. The van der Waals surface area contributed by atoms with E-state index < -0.39 is 11.7 Å². The van der Waals surface area contributed by atoms with Crippen LogP contribution < -0.4 is 4.90 Å².